The van der Waals surface area contributed by atoms with Crippen LogP contribution in [0.4, 0.5) is 4.79 Å². The Morgan fingerprint density at radius 1 is 1.73 bits per heavy atom. The molecule has 1 fully saturated rings. The van der Waals surface area contributed by atoms with Crippen molar-refractivity contribution in [2.75, 3.05) is 20.1 Å². The molecule has 0 unspecified atom stereocenters. The van der Waals surface area contributed by atoms with Gasteiger partial charge in [-0.25, -0.2) is 4.79 Å². The summed E-state index contributed by atoms with van der Waals surface area (Å²) in [6, 6.07) is 0.154. The maximum absolute atomic E-state index is 11.1. The van der Waals surface area contributed by atoms with E-state index in [1.165, 1.54) is 0 Å². The molecule has 4 nitrogen and oxygen atoms in total. The molecular weight excluding hydrogens is 142 g/mol. The number of nitrogens with zero attached hydrogens (tertiary/aromatic N) is 1. The van der Waals surface area contributed by atoms with Crippen LogP contribution in [0.3, 0.4) is 0 Å². The van der Waals surface area contributed by atoms with Gasteiger partial charge in [-0.2, -0.15) is 0 Å². The topological polar surface area (TPSA) is 58.4 Å². The van der Waals surface area contributed by atoms with Crippen LogP contribution in [0.25, 0.3) is 0 Å². The summed E-state index contributed by atoms with van der Waals surface area (Å²) in [4.78, 5) is 12.8. The number of rotatable bonds is 0. The molecule has 1 saturated heterocycles. The van der Waals surface area contributed by atoms with Crippen LogP contribution in [-0.2, 0) is 0 Å². The number of hydrogen-bond donors (Lipinski definition) is 2. The Labute approximate surface area is 66.7 Å². The van der Waals surface area contributed by atoms with Crippen molar-refractivity contribution in [2.45, 2.75) is 18.9 Å². The largest absolute Gasteiger partial charge is 0.341 e. The molecule has 1 aliphatic rings. The number of carbonyl (C=O) groups excluding carboxylic acids is 1. The monoisotopic (exact) mass is 157 g/mol. The molecule has 1 rings (SSSR count). The average Bonchev–Trinajstić information content (AvgIpc) is 2.03. The Morgan fingerprint density at radius 2 is 2.45 bits per heavy atom. The SMILES string of the molecule is CNC(=O)N1CCC[C@@H](N)C1. The third-order valence-electron chi connectivity index (χ3n) is 1.96. The fourth-order valence-electron chi connectivity index (χ4n) is 1.35. The summed E-state index contributed by atoms with van der Waals surface area (Å²) in [6.07, 6.45) is 2.06. The van der Waals surface area contributed by atoms with E-state index in [1.54, 1.807) is 11.9 Å². The molecule has 0 aromatic heterocycles. The zero-order chi connectivity index (χ0) is 8.27. The molecule has 1 heterocycles. The lowest BCUT2D eigenvalue weighted by atomic mass is 10.1. The highest BCUT2D eigenvalue weighted by atomic mass is 16.2. The molecule has 0 radical (unpaired) electrons. The minimum Gasteiger partial charge on any atom is -0.341 e. The van der Waals surface area contributed by atoms with E-state index in [4.69, 9.17) is 5.73 Å². The van der Waals surface area contributed by atoms with E-state index < -0.39 is 0 Å². The van der Waals surface area contributed by atoms with Crippen LogP contribution in [0.15, 0.2) is 0 Å². The summed E-state index contributed by atoms with van der Waals surface area (Å²) < 4.78 is 0. The summed E-state index contributed by atoms with van der Waals surface area (Å²) in [5.74, 6) is 0. The summed E-state index contributed by atoms with van der Waals surface area (Å²) in [5.41, 5.74) is 5.70. The van der Waals surface area contributed by atoms with Crippen molar-refractivity contribution in [3.05, 3.63) is 0 Å². The van der Waals surface area contributed by atoms with E-state index in [1.807, 2.05) is 0 Å². The first kappa shape index (κ1) is 8.33. The second kappa shape index (κ2) is 3.57. The third kappa shape index (κ3) is 2.08. The highest BCUT2D eigenvalue weighted by Gasteiger charge is 2.19. The zero-order valence-electron chi connectivity index (χ0n) is 6.84. The summed E-state index contributed by atoms with van der Waals surface area (Å²) >= 11 is 0. The Morgan fingerprint density at radius 3 is 3.00 bits per heavy atom. The van der Waals surface area contributed by atoms with Crippen LogP contribution in [0, 0.1) is 0 Å². The number of amides is 2. The second-order valence-electron chi connectivity index (χ2n) is 2.90. The molecule has 0 aromatic rings. The van der Waals surface area contributed by atoms with Crippen LogP contribution in [0.5, 0.6) is 0 Å². The zero-order valence-corrected chi connectivity index (χ0v) is 6.84. The van der Waals surface area contributed by atoms with Gasteiger partial charge in [-0.05, 0) is 12.8 Å². The van der Waals surface area contributed by atoms with Gasteiger partial charge in [0.2, 0.25) is 0 Å². The predicted molar refractivity (Wildman–Crippen MR) is 43.2 cm³/mol. The Kier molecular flexibility index (Phi) is 2.70. The highest BCUT2D eigenvalue weighted by molar-refractivity contribution is 5.73. The van der Waals surface area contributed by atoms with Crippen molar-refractivity contribution >= 4 is 6.03 Å². The van der Waals surface area contributed by atoms with Crippen molar-refractivity contribution in [3.63, 3.8) is 0 Å². The molecule has 1 atom stereocenters. The molecular formula is C7H15N3O. The van der Waals surface area contributed by atoms with E-state index >= 15 is 0 Å². The van der Waals surface area contributed by atoms with Gasteiger partial charge in [0.15, 0.2) is 0 Å². The highest BCUT2D eigenvalue weighted by Crippen LogP contribution is 2.07. The fourth-order valence-corrected chi connectivity index (χ4v) is 1.35. The first-order valence-corrected chi connectivity index (χ1v) is 3.96. The molecule has 1 aliphatic heterocycles. The van der Waals surface area contributed by atoms with E-state index in [2.05, 4.69) is 5.32 Å². The predicted octanol–water partition coefficient (Wildman–Crippen LogP) is -0.251. The fraction of sp³-hybridized carbons (Fsp3) is 0.857. The lowest BCUT2D eigenvalue weighted by molar-refractivity contribution is 0.182. The van der Waals surface area contributed by atoms with Crippen LogP contribution in [0.2, 0.25) is 0 Å². The van der Waals surface area contributed by atoms with Crippen molar-refractivity contribution in [2.24, 2.45) is 5.73 Å². The number of nitrogens with two attached hydrogens (primary N) is 1. The van der Waals surface area contributed by atoms with Crippen LogP contribution in [0.1, 0.15) is 12.8 Å². The molecule has 2 amide bonds. The normalized spacial score (nSPS) is 24.9. The van der Waals surface area contributed by atoms with E-state index in [-0.39, 0.29) is 12.1 Å². The smallest absolute Gasteiger partial charge is 0.317 e. The van der Waals surface area contributed by atoms with Crippen molar-refractivity contribution in [3.8, 4) is 0 Å². The number of likely N-dealkylation sites (tertiary alicyclic amines) is 1. The molecule has 0 spiro atoms. The Hall–Kier alpha value is -0.770. The quantitative estimate of drug-likeness (QED) is 0.509. The van der Waals surface area contributed by atoms with Gasteiger partial charge in [-0.3, -0.25) is 0 Å². The number of urea groups is 1. The Bertz CT molecular complexity index is 149. The average molecular weight is 157 g/mol. The van der Waals surface area contributed by atoms with Gasteiger partial charge in [-0.1, -0.05) is 0 Å². The van der Waals surface area contributed by atoms with Gasteiger partial charge < -0.3 is 16.0 Å². The van der Waals surface area contributed by atoms with Gasteiger partial charge in [0.05, 0.1) is 0 Å². The van der Waals surface area contributed by atoms with Crippen LogP contribution >= 0.6 is 0 Å². The van der Waals surface area contributed by atoms with Gasteiger partial charge >= 0.3 is 6.03 Å². The van der Waals surface area contributed by atoms with Gasteiger partial charge in [0.25, 0.3) is 0 Å². The first-order valence-electron chi connectivity index (χ1n) is 3.96. The summed E-state index contributed by atoms with van der Waals surface area (Å²) in [5, 5.41) is 2.59. The van der Waals surface area contributed by atoms with Crippen molar-refractivity contribution in [1.82, 2.24) is 10.2 Å². The van der Waals surface area contributed by atoms with Gasteiger partial charge in [-0.15, -0.1) is 0 Å². The molecule has 3 N–H and O–H groups in total. The minimum atomic E-state index is -0.0137. The maximum Gasteiger partial charge on any atom is 0.317 e. The second-order valence-corrected chi connectivity index (χ2v) is 2.90. The maximum atomic E-state index is 11.1. The molecule has 0 saturated carbocycles. The Balaban J connectivity index is 2.39. The number of hydrogen-bond acceptors (Lipinski definition) is 2. The van der Waals surface area contributed by atoms with E-state index in [9.17, 15) is 4.79 Å². The standard InChI is InChI=1S/C7H15N3O/c1-9-7(11)10-4-2-3-6(8)5-10/h6H,2-5,8H2,1H3,(H,9,11)/t6-/m1/s1. The van der Waals surface area contributed by atoms with Crippen LogP contribution in [-0.4, -0.2) is 37.1 Å². The molecule has 64 valence electrons. The third-order valence-corrected chi connectivity index (χ3v) is 1.96. The van der Waals surface area contributed by atoms with Crippen LogP contribution < -0.4 is 11.1 Å². The summed E-state index contributed by atoms with van der Waals surface area (Å²) in [7, 11) is 1.64. The number of nitrogens with one attached hydrogen (secondary N) is 1. The van der Waals surface area contributed by atoms with Crippen molar-refractivity contribution < 1.29 is 4.79 Å². The van der Waals surface area contributed by atoms with Gasteiger partial charge in [0, 0.05) is 26.2 Å². The molecule has 4 heteroatoms. The van der Waals surface area contributed by atoms with E-state index in [0.29, 0.717) is 6.54 Å². The van der Waals surface area contributed by atoms with Crippen molar-refractivity contribution in [1.29, 1.82) is 0 Å². The number of piperidine rings is 1. The lowest BCUT2D eigenvalue weighted by Crippen LogP contribution is -2.48. The molecule has 0 aliphatic carbocycles. The van der Waals surface area contributed by atoms with E-state index in [0.717, 1.165) is 19.4 Å². The summed E-state index contributed by atoms with van der Waals surface area (Å²) in [6.45, 7) is 1.53. The minimum absolute atomic E-state index is 0.0137. The first-order chi connectivity index (χ1) is 5.24. The molecule has 0 aromatic carbocycles. The lowest BCUT2D eigenvalue weighted by Gasteiger charge is -2.30. The number of carbonyl (C=O) groups is 1. The molecule has 11 heavy (non-hydrogen) atoms. The molecule has 0 bridgehead atoms. The van der Waals surface area contributed by atoms with Gasteiger partial charge in [0.1, 0.15) is 0 Å².